The van der Waals surface area contributed by atoms with Crippen molar-refractivity contribution >= 4 is 23.4 Å². The highest BCUT2D eigenvalue weighted by atomic mass is 16.4. The van der Waals surface area contributed by atoms with Crippen molar-refractivity contribution in [1.29, 1.82) is 0 Å². The maximum atomic E-state index is 12.6. The van der Waals surface area contributed by atoms with Gasteiger partial charge >= 0.3 is 5.97 Å². The third-order valence-corrected chi connectivity index (χ3v) is 4.05. The second-order valence-corrected chi connectivity index (χ2v) is 7.01. The quantitative estimate of drug-likeness (QED) is 0.663. The molecular weight excluding hydrogens is 350 g/mol. The van der Waals surface area contributed by atoms with Gasteiger partial charge in [-0.15, -0.1) is 0 Å². The molecule has 0 radical (unpaired) electrons. The van der Waals surface area contributed by atoms with E-state index in [9.17, 15) is 19.5 Å². The Balaban J connectivity index is 2.10. The highest BCUT2D eigenvalue weighted by molar-refractivity contribution is 6.02. The normalized spacial score (nSPS) is 12.2. The molecule has 2 aromatic rings. The van der Waals surface area contributed by atoms with Crippen molar-refractivity contribution in [3.8, 4) is 0 Å². The first-order valence-corrected chi connectivity index (χ1v) is 8.74. The van der Waals surface area contributed by atoms with Crippen LogP contribution in [-0.2, 0) is 9.59 Å². The number of fused-ring (bicyclic) bond motifs is 1. The monoisotopic (exact) mass is 375 g/mol. The number of rotatable bonds is 7. The highest BCUT2D eigenvalue weighted by Crippen LogP contribution is 2.16. The summed E-state index contributed by atoms with van der Waals surface area (Å²) < 4.78 is 1.58. The molecule has 2 aromatic heterocycles. The van der Waals surface area contributed by atoms with E-state index in [1.807, 2.05) is 33.8 Å². The second kappa shape index (κ2) is 8.15. The standard InChI is InChI=1S/C18H25N5O4/c1-9(2)6-13(18(26)27)21-14(24)8-19-17(25)15-12(5)22-23-11(4)7-10(3)20-16(15)23/h7,9,13H,6,8H2,1-5H3,(H,19,25)(H,21,24)(H,26,27)/t13-/m0/s1. The third kappa shape index (κ3) is 4.81. The van der Waals surface area contributed by atoms with Crippen molar-refractivity contribution < 1.29 is 19.5 Å². The number of carbonyl (C=O) groups is 3. The van der Waals surface area contributed by atoms with E-state index in [-0.39, 0.29) is 12.5 Å². The molecule has 9 nitrogen and oxygen atoms in total. The van der Waals surface area contributed by atoms with E-state index < -0.39 is 23.8 Å². The zero-order valence-electron chi connectivity index (χ0n) is 16.2. The molecule has 146 valence electrons. The van der Waals surface area contributed by atoms with Crippen LogP contribution in [0.1, 0.15) is 47.7 Å². The zero-order chi connectivity index (χ0) is 20.3. The van der Waals surface area contributed by atoms with Gasteiger partial charge in [-0.05, 0) is 39.2 Å². The molecule has 2 heterocycles. The van der Waals surface area contributed by atoms with Crippen molar-refractivity contribution in [2.24, 2.45) is 5.92 Å². The Hall–Kier alpha value is -2.97. The van der Waals surface area contributed by atoms with Crippen LogP contribution in [0.2, 0.25) is 0 Å². The molecular formula is C18H25N5O4. The van der Waals surface area contributed by atoms with Crippen LogP contribution in [0, 0.1) is 26.7 Å². The SMILES string of the molecule is Cc1cc(C)n2nc(C)c(C(=O)NCC(=O)N[C@@H](CC(C)C)C(=O)O)c2n1. The van der Waals surface area contributed by atoms with Gasteiger partial charge in [0.05, 0.1) is 12.2 Å². The number of nitrogens with zero attached hydrogens (tertiary/aromatic N) is 3. The summed E-state index contributed by atoms with van der Waals surface area (Å²) in [6.45, 7) is 8.79. The van der Waals surface area contributed by atoms with Crippen LogP contribution >= 0.6 is 0 Å². The first-order chi connectivity index (χ1) is 12.6. The average molecular weight is 375 g/mol. The van der Waals surface area contributed by atoms with Crippen molar-refractivity contribution in [3.63, 3.8) is 0 Å². The lowest BCUT2D eigenvalue weighted by Crippen LogP contribution is -2.46. The van der Waals surface area contributed by atoms with Crippen LogP contribution < -0.4 is 10.6 Å². The number of aromatic nitrogens is 3. The maximum Gasteiger partial charge on any atom is 0.326 e. The Morgan fingerprint density at radius 1 is 1.22 bits per heavy atom. The summed E-state index contributed by atoms with van der Waals surface area (Å²) >= 11 is 0. The molecule has 0 aliphatic carbocycles. The van der Waals surface area contributed by atoms with Crippen LogP contribution in [-0.4, -0.2) is 50.1 Å². The number of hydrogen-bond donors (Lipinski definition) is 3. The van der Waals surface area contributed by atoms with Crippen LogP contribution in [0.25, 0.3) is 5.65 Å². The van der Waals surface area contributed by atoms with Crippen molar-refractivity contribution in [2.45, 2.75) is 47.1 Å². The number of aryl methyl sites for hydroxylation is 3. The van der Waals surface area contributed by atoms with Gasteiger partial charge in [0.25, 0.3) is 5.91 Å². The van der Waals surface area contributed by atoms with Gasteiger partial charge in [0.1, 0.15) is 11.6 Å². The summed E-state index contributed by atoms with van der Waals surface area (Å²) in [7, 11) is 0. The molecule has 0 fully saturated rings. The van der Waals surface area contributed by atoms with Gasteiger partial charge in [-0.1, -0.05) is 13.8 Å². The molecule has 0 bridgehead atoms. The summed E-state index contributed by atoms with van der Waals surface area (Å²) in [6, 6.07) is 0.870. The summed E-state index contributed by atoms with van der Waals surface area (Å²) in [6.07, 6.45) is 0.310. The van der Waals surface area contributed by atoms with Gasteiger partial charge in [-0.25, -0.2) is 14.3 Å². The molecule has 0 aliphatic rings. The Kier molecular flexibility index (Phi) is 6.14. The fourth-order valence-corrected chi connectivity index (χ4v) is 2.88. The van der Waals surface area contributed by atoms with Gasteiger partial charge in [-0.3, -0.25) is 9.59 Å². The lowest BCUT2D eigenvalue weighted by Gasteiger charge is -2.16. The summed E-state index contributed by atoms with van der Waals surface area (Å²) in [5, 5.41) is 18.5. The fourth-order valence-electron chi connectivity index (χ4n) is 2.88. The molecule has 0 spiro atoms. The van der Waals surface area contributed by atoms with E-state index >= 15 is 0 Å². The molecule has 9 heteroatoms. The van der Waals surface area contributed by atoms with Gasteiger partial charge < -0.3 is 15.7 Å². The number of nitrogens with one attached hydrogen (secondary N) is 2. The Labute approximate surface area is 157 Å². The summed E-state index contributed by atoms with van der Waals surface area (Å²) in [4.78, 5) is 40.2. The molecule has 3 N–H and O–H groups in total. The van der Waals surface area contributed by atoms with Gasteiger partial charge in [0, 0.05) is 11.4 Å². The first-order valence-electron chi connectivity index (χ1n) is 8.74. The van der Waals surface area contributed by atoms with E-state index in [4.69, 9.17) is 0 Å². The molecule has 0 unspecified atom stereocenters. The number of amides is 2. The topological polar surface area (TPSA) is 126 Å². The lowest BCUT2D eigenvalue weighted by molar-refractivity contribution is -0.142. The summed E-state index contributed by atoms with van der Waals surface area (Å²) in [5.74, 6) is -2.03. The van der Waals surface area contributed by atoms with E-state index in [0.717, 1.165) is 11.4 Å². The fraction of sp³-hybridized carbons (Fsp3) is 0.500. The predicted molar refractivity (Wildman–Crippen MR) is 98.6 cm³/mol. The molecule has 0 aliphatic heterocycles. The first kappa shape index (κ1) is 20.3. The molecule has 27 heavy (non-hydrogen) atoms. The largest absolute Gasteiger partial charge is 0.480 e. The number of carboxylic acid groups (broad SMARTS) is 1. The maximum absolute atomic E-state index is 12.6. The molecule has 0 saturated heterocycles. The number of carboxylic acids is 1. The van der Waals surface area contributed by atoms with Crippen molar-refractivity contribution in [3.05, 3.63) is 28.7 Å². The van der Waals surface area contributed by atoms with Gasteiger partial charge in [0.2, 0.25) is 5.91 Å². The number of aliphatic carboxylic acids is 1. The van der Waals surface area contributed by atoms with Crippen molar-refractivity contribution in [2.75, 3.05) is 6.54 Å². The zero-order valence-corrected chi connectivity index (χ0v) is 16.2. The second-order valence-electron chi connectivity index (χ2n) is 7.01. The number of carbonyl (C=O) groups excluding carboxylic acids is 2. The Morgan fingerprint density at radius 2 is 1.89 bits per heavy atom. The minimum Gasteiger partial charge on any atom is -0.480 e. The lowest BCUT2D eigenvalue weighted by atomic mass is 10.0. The van der Waals surface area contributed by atoms with E-state index in [2.05, 4.69) is 20.7 Å². The number of hydrogen-bond acceptors (Lipinski definition) is 5. The molecule has 0 saturated carbocycles. The molecule has 2 amide bonds. The summed E-state index contributed by atoms with van der Waals surface area (Å²) in [5.41, 5.74) is 2.81. The van der Waals surface area contributed by atoms with Crippen molar-refractivity contribution in [1.82, 2.24) is 25.2 Å². The predicted octanol–water partition coefficient (Wildman–Crippen LogP) is 1.000. The highest BCUT2D eigenvalue weighted by Gasteiger charge is 2.23. The van der Waals surface area contributed by atoms with E-state index in [1.54, 1.807) is 11.4 Å². The molecule has 1 atom stereocenters. The smallest absolute Gasteiger partial charge is 0.326 e. The van der Waals surface area contributed by atoms with E-state index in [1.165, 1.54) is 0 Å². The Bertz CT molecular complexity index is 887. The van der Waals surface area contributed by atoms with Gasteiger partial charge in [0.15, 0.2) is 5.65 Å². The van der Waals surface area contributed by atoms with Crippen LogP contribution in [0.15, 0.2) is 6.07 Å². The third-order valence-electron chi connectivity index (χ3n) is 4.05. The van der Waals surface area contributed by atoms with Crippen LogP contribution in [0.4, 0.5) is 0 Å². The van der Waals surface area contributed by atoms with Gasteiger partial charge in [-0.2, -0.15) is 5.10 Å². The average Bonchev–Trinajstić information content (AvgIpc) is 2.88. The minimum atomic E-state index is -1.10. The minimum absolute atomic E-state index is 0.111. The molecule has 2 rings (SSSR count). The van der Waals surface area contributed by atoms with Crippen LogP contribution in [0.5, 0.6) is 0 Å². The Morgan fingerprint density at radius 3 is 2.48 bits per heavy atom. The van der Waals surface area contributed by atoms with Crippen LogP contribution in [0.3, 0.4) is 0 Å². The molecule has 0 aromatic carbocycles. The van der Waals surface area contributed by atoms with E-state index in [0.29, 0.717) is 23.3 Å².